The standard InChI is InChI=1S/C11H21BO2/c1-13-8-9-14-12-10-4-2-5-11(12)7-3-6-10/h10-11H,2-9H2,1H3. The van der Waals surface area contributed by atoms with Gasteiger partial charge in [-0.3, -0.25) is 0 Å². The second-order valence-corrected chi connectivity index (χ2v) is 4.71. The molecule has 0 saturated carbocycles. The fourth-order valence-corrected chi connectivity index (χ4v) is 3.15. The highest BCUT2D eigenvalue weighted by Crippen LogP contribution is 2.46. The van der Waals surface area contributed by atoms with E-state index in [0.29, 0.717) is 6.92 Å². The Morgan fingerprint density at radius 2 is 1.57 bits per heavy atom. The average Bonchev–Trinajstić information content (AvgIpc) is 2.17. The Morgan fingerprint density at radius 1 is 1.00 bits per heavy atom. The maximum Gasteiger partial charge on any atom is 0.299 e. The molecule has 2 aliphatic heterocycles. The lowest BCUT2D eigenvalue weighted by molar-refractivity contribution is 0.138. The van der Waals surface area contributed by atoms with Crippen LogP contribution < -0.4 is 0 Å². The Balaban J connectivity index is 1.82. The first-order chi connectivity index (χ1) is 6.92. The summed E-state index contributed by atoms with van der Waals surface area (Å²) in [4.78, 5) is 0. The third-order valence-corrected chi connectivity index (χ3v) is 3.83. The molecule has 0 amide bonds. The summed E-state index contributed by atoms with van der Waals surface area (Å²) < 4.78 is 11.0. The third-order valence-electron chi connectivity index (χ3n) is 3.83. The van der Waals surface area contributed by atoms with Gasteiger partial charge in [0.2, 0.25) is 0 Å². The van der Waals surface area contributed by atoms with Crippen LogP contribution in [0.3, 0.4) is 0 Å². The molecule has 0 aromatic carbocycles. The molecule has 0 radical (unpaired) electrons. The topological polar surface area (TPSA) is 18.5 Å². The van der Waals surface area contributed by atoms with Crippen molar-refractivity contribution in [2.75, 3.05) is 20.3 Å². The van der Waals surface area contributed by atoms with Crippen LogP contribution in [0.2, 0.25) is 11.6 Å². The summed E-state index contributed by atoms with van der Waals surface area (Å²) in [5, 5.41) is 0. The second-order valence-electron chi connectivity index (χ2n) is 4.71. The molecule has 3 heteroatoms. The van der Waals surface area contributed by atoms with E-state index in [4.69, 9.17) is 9.39 Å². The first kappa shape index (κ1) is 10.5. The van der Waals surface area contributed by atoms with Crippen LogP contribution in [-0.2, 0) is 9.39 Å². The van der Waals surface area contributed by atoms with Crippen LogP contribution in [0.25, 0.3) is 0 Å². The molecule has 2 nitrogen and oxygen atoms in total. The third kappa shape index (κ3) is 2.32. The summed E-state index contributed by atoms with van der Waals surface area (Å²) in [6, 6.07) is 0. The van der Waals surface area contributed by atoms with Gasteiger partial charge >= 0.3 is 0 Å². The molecular weight excluding hydrogens is 175 g/mol. The molecule has 2 saturated heterocycles. The van der Waals surface area contributed by atoms with Crippen molar-refractivity contribution >= 4 is 6.92 Å². The Bertz CT molecular complexity index is 153. The molecule has 0 unspecified atom stereocenters. The first-order valence-corrected chi connectivity index (χ1v) is 6.02. The smallest absolute Gasteiger partial charge is 0.299 e. The molecule has 2 rings (SSSR count). The molecule has 0 atom stereocenters. The second kappa shape index (κ2) is 5.17. The minimum absolute atomic E-state index is 0.563. The molecule has 0 aromatic heterocycles. The van der Waals surface area contributed by atoms with Crippen molar-refractivity contribution in [3.05, 3.63) is 0 Å². The van der Waals surface area contributed by atoms with E-state index in [-0.39, 0.29) is 0 Å². The molecule has 0 N–H and O–H groups in total. The average molecular weight is 196 g/mol. The highest BCUT2D eigenvalue weighted by molar-refractivity contribution is 6.56. The molecule has 0 aromatic rings. The van der Waals surface area contributed by atoms with E-state index < -0.39 is 0 Å². The quantitative estimate of drug-likeness (QED) is 0.508. The fraction of sp³-hybridized carbons (Fsp3) is 1.00. The number of fused-ring (bicyclic) bond motifs is 2. The predicted octanol–water partition coefficient (Wildman–Crippen LogP) is 2.75. The van der Waals surface area contributed by atoms with Crippen LogP contribution >= 0.6 is 0 Å². The summed E-state index contributed by atoms with van der Waals surface area (Å²) in [6.07, 6.45) is 8.45. The van der Waals surface area contributed by atoms with E-state index in [1.807, 2.05) is 0 Å². The number of rotatable bonds is 4. The van der Waals surface area contributed by atoms with Gasteiger partial charge in [-0.15, -0.1) is 0 Å². The molecule has 0 spiro atoms. The number of methoxy groups -OCH3 is 1. The Hall–Kier alpha value is -0.0151. The SMILES string of the molecule is COCCOB1C2CCCC1CCC2. The Morgan fingerprint density at radius 3 is 2.07 bits per heavy atom. The van der Waals surface area contributed by atoms with Gasteiger partial charge in [-0.2, -0.15) is 0 Å². The van der Waals surface area contributed by atoms with Crippen LogP contribution in [0.1, 0.15) is 38.5 Å². The van der Waals surface area contributed by atoms with Crippen molar-refractivity contribution in [2.45, 2.75) is 50.2 Å². The molecule has 2 fully saturated rings. The summed E-state index contributed by atoms with van der Waals surface area (Å²) in [5.74, 6) is 1.72. The van der Waals surface area contributed by atoms with Gasteiger partial charge in [0.15, 0.2) is 0 Å². The molecule has 2 bridgehead atoms. The van der Waals surface area contributed by atoms with Gasteiger partial charge in [0.05, 0.1) is 13.2 Å². The minimum Gasteiger partial charge on any atom is -0.433 e. The normalized spacial score (nSPS) is 31.9. The van der Waals surface area contributed by atoms with Gasteiger partial charge < -0.3 is 9.39 Å². The van der Waals surface area contributed by atoms with Gasteiger partial charge in [-0.1, -0.05) is 38.5 Å². The first-order valence-electron chi connectivity index (χ1n) is 6.02. The number of hydrogen-bond acceptors (Lipinski definition) is 2. The Kier molecular flexibility index (Phi) is 3.88. The van der Waals surface area contributed by atoms with Gasteiger partial charge in [0.1, 0.15) is 0 Å². The summed E-state index contributed by atoms with van der Waals surface area (Å²) >= 11 is 0. The molecule has 0 aliphatic carbocycles. The van der Waals surface area contributed by atoms with Crippen molar-refractivity contribution in [3.8, 4) is 0 Å². The van der Waals surface area contributed by atoms with Crippen LogP contribution in [0, 0.1) is 0 Å². The van der Waals surface area contributed by atoms with Gasteiger partial charge in [-0.05, 0) is 11.6 Å². The molecule has 80 valence electrons. The fourth-order valence-electron chi connectivity index (χ4n) is 3.15. The van der Waals surface area contributed by atoms with E-state index in [0.717, 1.165) is 24.8 Å². The Labute approximate surface area is 87.5 Å². The minimum atomic E-state index is 0.563. The molecule has 2 aliphatic rings. The molecule has 14 heavy (non-hydrogen) atoms. The number of ether oxygens (including phenoxy) is 1. The molecule has 2 heterocycles. The predicted molar refractivity (Wildman–Crippen MR) is 58.8 cm³/mol. The lowest BCUT2D eigenvalue weighted by atomic mass is 9.38. The van der Waals surface area contributed by atoms with Gasteiger partial charge in [-0.25, -0.2) is 0 Å². The zero-order valence-electron chi connectivity index (χ0n) is 9.21. The van der Waals surface area contributed by atoms with Crippen molar-refractivity contribution in [2.24, 2.45) is 0 Å². The van der Waals surface area contributed by atoms with E-state index in [9.17, 15) is 0 Å². The summed E-state index contributed by atoms with van der Waals surface area (Å²) in [5.41, 5.74) is 0. The van der Waals surface area contributed by atoms with E-state index in [1.165, 1.54) is 38.5 Å². The van der Waals surface area contributed by atoms with E-state index >= 15 is 0 Å². The largest absolute Gasteiger partial charge is 0.433 e. The lowest BCUT2D eigenvalue weighted by Crippen LogP contribution is -2.37. The van der Waals surface area contributed by atoms with E-state index in [1.54, 1.807) is 7.11 Å². The maximum absolute atomic E-state index is 5.97. The highest BCUT2D eigenvalue weighted by Gasteiger charge is 2.40. The highest BCUT2D eigenvalue weighted by atomic mass is 16.5. The summed E-state index contributed by atoms with van der Waals surface area (Å²) in [6.45, 7) is 2.09. The van der Waals surface area contributed by atoms with Crippen molar-refractivity contribution in [1.82, 2.24) is 0 Å². The maximum atomic E-state index is 5.97. The molecular formula is C11H21BO2. The summed E-state index contributed by atoms with van der Waals surface area (Å²) in [7, 11) is 1.74. The number of hydrogen-bond donors (Lipinski definition) is 0. The van der Waals surface area contributed by atoms with Crippen molar-refractivity contribution < 1.29 is 9.39 Å². The van der Waals surface area contributed by atoms with Crippen LogP contribution in [0.4, 0.5) is 0 Å². The monoisotopic (exact) mass is 196 g/mol. The van der Waals surface area contributed by atoms with Gasteiger partial charge in [0.25, 0.3) is 6.92 Å². The van der Waals surface area contributed by atoms with Crippen LogP contribution in [0.15, 0.2) is 0 Å². The van der Waals surface area contributed by atoms with Crippen molar-refractivity contribution in [3.63, 3.8) is 0 Å². The zero-order chi connectivity index (χ0) is 9.80. The zero-order valence-corrected chi connectivity index (χ0v) is 9.21. The lowest BCUT2D eigenvalue weighted by Gasteiger charge is -2.39. The van der Waals surface area contributed by atoms with Gasteiger partial charge in [0, 0.05) is 7.11 Å². The van der Waals surface area contributed by atoms with Crippen LogP contribution in [-0.4, -0.2) is 27.2 Å². The van der Waals surface area contributed by atoms with Crippen molar-refractivity contribution in [1.29, 1.82) is 0 Å². The van der Waals surface area contributed by atoms with E-state index in [2.05, 4.69) is 0 Å². The van der Waals surface area contributed by atoms with Crippen LogP contribution in [0.5, 0.6) is 0 Å².